The lowest BCUT2D eigenvalue weighted by Gasteiger charge is -2.34. The number of ketones is 1. The Labute approximate surface area is 168 Å². The molecule has 2 aromatic carbocycles. The molecule has 1 amide bonds. The average Bonchev–Trinajstić information content (AvgIpc) is 2.63. The minimum atomic E-state index is -0.579. The number of amides is 1. The van der Waals surface area contributed by atoms with Crippen molar-refractivity contribution in [2.45, 2.75) is 65.1 Å². The second kappa shape index (κ2) is 10.1. The van der Waals surface area contributed by atoms with Gasteiger partial charge in [-0.05, 0) is 51.7 Å². The third-order valence-electron chi connectivity index (χ3n) is 4.41. The van der Waals surface area contributed by atoms with Crippen LogP contribution in [0.3, 0.4) is 0 Å². The van der Waals surface area contributed by atoms with Crippen molar-refractivity contribution >= 4 is 11.9 Å². The molecule has 0 aromatic heterocycles. The molecule has 1 atom stereocenters. The number of hydrogen-bond acceptors (Lipinski definition) is 3. The van der Waals surface area contributed by atoms with E-state index in [9.17, 15) is 9.59 Å². The summed E-state index contributed by atoms with van der Waals surface area (Å²) in [5, 5.41) is 0. The molecule has 0 heterocycles. The van der Waals surface area contributed by atoms with E-state index < -0.39 is 5.60 Å². The number of ether oxygens (including phenoxy) is 1. The number of hydrogen-bond donors (Lipinski definition) is 0. The van der Waals surface area contributed by atoms with Crippen LogP contribution in [0.5, 0.6) is 0 Å². The average molecular weight is 382 g/mol. The molecule has 0 aliphatic rings. The topological polar surface area (TPSA) is 46.6 Å². The highest BCUT2D eigenvalue weighted by atomic mass is 16.6. The first-order chi connectivity index (χ1) is 13.2. The van der Waals surface area contributed by atoms with Gasteiger partial charge in [-0.15, -0.1) is 0 Å². The van der Waals surface area contributed by atoms with Gasteiger partial charge in [-0.25, -0.2) is 4.79 Å². The monoisotopic (exact) mass is 381 g/mol. The fourth-order valence-corrected chi connectivity index (χ4v) is 3.07. The van der Waals surface area contributed by atoms with Crippen molar-refractivity contribution < 1.29 is 14.3 Å². The van der Waals surface area contributed by atoms with Gasteiger partial charge in [-0.3, -0.25) is 0 Å². The van der Waals surface area contributed by atoms with Gasteiger partial charge >= 0.3 is 6.09 Å². The van der Waals surface area contributed by atoms with Crippen LogP contribution < -0.4 is 0 Å². The summed E-state index contributed by atoms with van der Waals surface area (Å²) in [7, 11) is 0. The molecule has 2 rings (SSSR count). The van der Waals surface area contributed by atoms with Gasteiger partial charge < -0.3 is 14.4 Å². The molecule has 2 aromatic rings. The van der Waals surface area contributed by atoms with Crippen LogP contribution in [0.4, 0.5) is 4.79 Å². The fraction of sp³-hybridized carbons (Fsp3) is 0.417. The van der Waals surface area contributed by atoms with Crippen LogP contribution in [0.2, 0.25) is 0 Å². The van der Waals surface area contributed by atoms with Gasteiger partial charge in [0, 0.05) is 19.0 Å². The molecular formula is C24H31NO3. The number of Topliss-reactive ketones (excluding diaryl/α,β-unsaturated/α-hetero) is 1. The van der Waals surface area contributed by atoms with Crippen molar-refractivity contribution in [1.82, 2.24) is 4.90 Å². The van der Waals surface area contributed by atoms with E-state index in [4.69, 9.17) is 4.74 Å². The zero-order valence-electron chi connectivity index (χ0n) is 17.4. The zero-order valence-corrected chi connectivity index (χ0v) is 17.4. The minimum Gasteiger partial charge on any atom is -0.444 e. The highest BCUT2D eigenvalue weighted by Crippen LogP contribution is 2.21. The predicted molar refractivity (Wildman–Crippen MR) is 112 cm³/mol. The third kappa shape index (κ3) is 7.55. The molecule has 4 nitrogen and oxygen atoms in total. The maximum absolute atomic E-state index is 13.1. The lowest BCUT2D eigenvalue weighted by molar-refractivity contribution is -0.117. The molecule has 4 heteroatoms. The van der Waals surface area contributed by atoms with Crippen molar-refractivity contribution in [3.05, 3.63) is 71.8 Å². The Balaban J connectivity index is 2.31. The highest BCUT2D eigenvalue weighted by molar-refractivity contribution is 5.75. The Morgan fingerprint density at radius 3 is 1.96 bits per heavy atom. The molecule has 0 spiro atoms. The van der Waals surface area contributed by atoms with Gasteiger partial charge in [-0.2, -0.15) is 0 Å². The van der Waals surface area contributed by atoms with Crippen LogP contribution >= 0.6 is 0 Å². The van der Waals surface area contributed by atoms with Crippen LogP contribution in [0.15, 0.2) is 60.7 Å². The van der Waals surface area contributed by atoms with Crippen molar-refractivity contribution in [1.29, 1.82) is 0 Å². The molecule has 0 saturated carbocycles. The highest BCUT2D eigenvalue weighted by Gasteiger charge is 2.29. The van der Waals surface area contributed by atoms with Gasteiger partial charge in [0.15, 0.2) is 0 Å². The molecule has 28 heavy (non-hydrogen) atoms. The van der Waals surface area contributed by atoms with Crippen molar-refractivity contribution in [2.75, 3.05) is 0 Å². The van der Waals surface area contributed by atoms with E-state index in [1.165, 1.54) is 0 Å². The van der Waals surface area contributed by atoms with Crippen LogP contribution in [0.1, 0.15) is 51.7 Å². The van der Waals surface area contributed by atoms with E-state index in [-0.39, 0.29) is 17.9 Å². The van der Waals surface area contributed by atoms with Crippen LogP contribution in [-0.2, 0) is 22.5 Å². The predicted octanol–water partition coefficient (Wildman–Crippen LogP) is 5.40. The lowest BCUT2D eigenvalue weighted by atomic mass is 9.99. The van der Waals surface area contributed by atoms with Gasteiger partial charge in [0.05, 0.1) is 0 Å². The fourth-order valence-electron chi connectivity index (χ4n) is 3.07. The Hall–Kier alpha value is -2.62. The van der Waals surface area contributed by atoms with E-state index >= 15 is 0 Å². The molecule has 0 aliphatic carbocycles. The summed E-state index contributed by atoms with van der Waals surface area (Å²) in [6.07, 6.45) is 1.38. The van der Waals surface area contributed by atoms with E-state index in [0.29, 0.717) is 25.8 Å². The SMILES string of the molecule is CC(=O)CC[C@H](Cc1ccccc1)N(Cc1ccccc1)C(=O)OC(C)(C)C. The Kier molecular flexibility index (Phi) is 7.80. The summed E-state index contributed by atoms with van der Waals surface area (Å²) < 4.78 is 5.70. The van der Waals surface area contributed by atoms with E-state index in [0.717, 1.165) is 11.1 Å². The number of benzene rings is 2. The van der Waals surface area contributed by atoms with Gasteiger partial charge in [0.1, 0.15) is 11.4 Å². The minimum absolute atomic E-state index is 0.124. The van der Waals surface area contributed by atoms with Crippen molar-refractivity contribution in [3.63, 3.8) is 0 Å². The van der Waals surface area contributed by atoms with E-state index in [1.54, 1.807) is 11.8 Å². The molecule has 0 unspecified atom stereocenters. The standard InChI is InChI=1S/C24H31NO3/c1-19(26)15-16-22(17-20-11-7-5-8-12-20)25(23(27)28-24(2,3)4)18-21-13-9-6-10-14-21/h5-14,22H,15-18H2,1-4H3/t22-/m1/s1. The smallest absolute Gasteiger partial charge is 0.410 e. The summed E-state index contributed by atoms with van der Waals surface area (Å²) in [4.78, 5) is 26.5. The summed E-state index contributed by atoms with van der Waals surface area (Å²) in [5.41, 5.74) is 1.59. The maximum atomic E-state index is 13.1. The quantitative estimate of drug-likeness (QED) is 0.615. The summed E-state index contributed by atoms with van der Waals surface area (Å²) >= 11 is 0. The summed E-state index contributed by atoms with van der Waals surface area (Å²) in [6.45, 7) is 7.65. The second-order valence-electron chi connectivity index (χ2n) is 8.18. The third-order valence-corrected chi connectivity index (χ3v) is 4.41. The number of rotatable bonds is 8. The van der Waals surface area contributed by atoms with Crippen LogP contribution in [0.25, 0.3) is 0 Å². The molecule has 0 radical (unpaired) electrons. The molecular weight excluding hydrogens is 350 g/mol. The number of carbonyl (C=O) groups is 2. The first-order valence-electron chi connectivity index (χ1n) is 9.81. The van der Waals surface area contributed by atoms with Gasteiger partial charge in [-0.1, -0.05) is 60.7 Å². The Morgan fingerprint density at radius 1 is 0.929 bits per heavy atom. The zero-order chi connectivity index (χ0) is 20.6. The molecule has 0 N–H and O–H groups in total. The second-order valence-corrected chi connectivity index (χ2v) is 8.18. The first-order valence-corrected chi connectivity index (χ1v) is 9.81. The first kappa shape index (κ1) is 21.7. The van der Waals surface area contributed by atoms with Crippen molar-refractivity contribution in [3.8, 4) is 0 Å². The lowest BCUT2D eigenvalue weighted by Crippen LogP contribution is -2.44. The summed E-state index contributed by atoms with van der Waals surface area (Å²) in [5.74, 6) is 0.127. The van der Waals surface area contributed by atoms with E-state index in [2.05, 4.69) is 12.1 Å². The molecule has 0 fully saturated rings. The van der Waals surface area contributed by atoms with E-state index in [1.807, 2.05) is 69.3 Å². The van der Waals surface area contributed by atoms with Gasteiger partial charge in [0.25, 0.3) is 0 Å². The largest absolute Gasteiger partial charge is 0.444 e. The van der Waals surface area contributed by atoms with Gasteiger partial charge in [0.2, 0.25) is 0 Å². The molecule has 150 valence electrons. The molecule has 0 bridgehead atoms. The Bertz CT molecular complexity index is 750. The molecule has 0 aliphatic heterocycles. The maximum Gasteiger partial charge on any atom is 0.410 e. The Morgan fingerprint density at radius 2 is 1.46 bits per heavy atom. The number of nitrogens with zero attached hydrogens (tertiary/aromatic N) is 1. The van der Waals surface area contributed by atoms with Crippen molar-refractivity contribution in [2.24, 2.45) is 0 Å². The number of carbonyl (C=O) groups excluding carboxylic acids is 2. The van der Waals surface area contributed by atoms with Crippen LogP contribution in [0, 0.1) is 0 Å². The van der Waals surface area contributed by atoms with Crippen LogP contribution in [-0.4, -0.2) is 28.4 Å². The molecule has 0 saturated heterocycles. The normalized spacial score (nSPS) is 12.3. The summed E-state index contributed by atoms with van der Waals surface area (Å²) in [6, 6.07) is 19.8.